The number of ether oxygens (including phenoxy) is 1. The number of para-hydroxylation sites is 1. The van der Waals surface area contributed by atoms with Crippen LogP contribution in [0.15, 0.2) is 96.1 Å². The maximum atomic E-state index is 12.4. The number of nitrogens with one attached hydrogen (secondary N) is 2. The Balaban J connectivity index is 1.33. The zero-order chi connectivity index (χ0) is 24.6. The van der Waals surface area contributed by atoms with E-state index in [1.807, 2.05) is 42.5 Å². The lowest BCUT2D eigenvalue weighted by Gasteiger charge is -2.08. The number of amides is 1. The van der Waals surface area contributed by atoms with E-state index in [0.29, 0.717) is 5.56 Å². The maximum absolute atomic E-state index is 12.4. The Bertz CT molecular complexity index is 1420. The number of hydrogen-bond donors (Lipinski definition) is 2. The van der Waals surface area contributed by atoms with Crippen LogP contribution in [0.3, 0.4) is 0 Å². The number of hydrazone groups is 1. The fourth-order valence-electron chi connectivity index (χ4n) is 3.25. The van der Waals surface area contributed by atoms with Gasteiger partial charge in [-0.3, -0.25) is 14.9 Å². The van der Waals surface area contributed by atoms with Crippen LogP contribution in [0, 0.1) is 10.1 Å². The van der Waals surface area contributed by atoms with E-state index in [2.05, 4.69) is 15.8 Å². The van der Waals surface area contributed by atoms with E-state index in [-0.39, 0.29) is 29.5 Å². The highest BCUT2D eigenvalue weighted by Crippen LogP contribution is 2.20. The second-order valence-corrected chi connectivity index (χ2v) is 7.44. The molecule has 0 saturated carbocycles. The first-order valence-electron chi connectivity index (χ1n) is 10.6. The van der Waals surface area contributed by atoms with Gasteiger partial charge >= 0.3 is 5.97 Å². The van der Waals surface area contributed by atoms with Crippen molar-refractivity contribution in [3.63, 3.8) is 0 Å². The molecule has 174 valence electrons. The zero-order valence-electron chi connectivity index (χ0n) is 18.4. The topological polar surface area (TPSA) is 123 Å². The van der Waals surface area contributed by atoms with Gasteiger partial charge in [0.1, 0.15) is 5.75 Å². The lowest BCUT2D eigenvalue weighted by Crippen LogP contribution is -2.25. The third kappa shape index (κ3) is 6.05. The summed E-state index contributed by atoms with van der Waals surface area (Å²) in [5.41, 5.74) is 3.74. The molecule has 0 aromatic heterocycles. The van der Waals surface area contributed by atoms with Crippen molar-refractivity contribution < 1.29 is 19.2 Å². The lowest BCUT2D eigenvalue weighted by atomic mass is 10.1. The molecule has 1 amide bonds. The third-order valence-corrected chi connectivity index (χ3v) is 5.03. The summed E-state index contributed by atoms with van der Waals surface area (Å²) >= 11 is 0. The number of hydrogen-bond acceptors (Lipinski definition) is 7. The van der Waals surface area contributed by atoms with Gasteiger partial charge in [-0.15, -0.1) is 0 Å². The molecule has 0 atom stereocenters. The number of carbonyl (C=O) groups is 2. The largest absolute Gasteiger partial charge is 0.422 e. The molecule has 0 radical (unpaired) electrons. The minimum atomic E-state index is -0.677. The standard InChI is InChI=1S/C26H20N4O5/c31-25(17-27-22-12-9-18-5-1-2-6-20(18)15-22)29-28-16-21-7-3-4-8-24(21)35-26(32)19-10-13-23(14-11-19)30(33)34/h1-16,27H,17H2,(H,29,31)/b28-16-. The van der Waals surface area contributed by atoms with E-state index >= 15 is 0 Å². The van der Waals surface area contributed by atoms with E-state index in [4.69, 9.17) is 4.74 Å². The van der Waals surface area contributed by atoms with Crippen LogP contribution in [0.1, 0.15) is 15.9 Å². The highest BCUT2D eigenvalue weighted by Gasteiger charge is 2.13. The molecule has 0 fully saturated rings. The third-order valence-electron chi connectivity index (χ3n) is 5.03. The van der Waals surface area contributed by atoms with Gasteiger partial charge in [0, 0.05) is 23.4 Å². The van der Waals surface area contributed by atoms with Crippen LogP contribution in [0.25, 0.3) is 10.8 Å². The summed E-state index contributed by atoms with van der Waals surface area (Å²) < 4.78 is 5.40. The Morgan fingerprint density at radius 2 is 1.63 bits per heavy atom. The molecule has 0 bridgehead atoms. The van der Waals surface area contributed by atoms with Crippen LogP contribution in [0.5, 0.6) is 5.75 Å². The second kappa shape index (κ2) is 10.7. The molecule has 0 spiro atoms. The molecule has 4 aromatic rings. The average Bonchev–Trinajstić information content (AvgIpc) is 2.88. The first kappa shape index (κ1) is 23.1. The molecule has 0 aliphatic heterocycles. The molecule has 2 N–H and O–H groups in total. The van der Waals surface area contributed by atoms with Crippen molar-refractivity contribution in [1.29, 1.82) is 0 Å². The number of esters is 1. The van der Waals surface area contributed by atoms with Crippen molar-refractivity contribution in [2.24, 2.45) is 5.10 Å². The molecule has 0 aliphatic carbocycles. The Morgan fingerprint density at radius 1 is 0.914 bits per heavy atom. The Morgan fingerprint density at radius 3 is 2.40 bits per heavy atom. The van der Waals surface area contributed by atoms with Gasteiger partial charge in [-0.25, -0.2) is 10.2 Å². The maximum Gasteiger partial charge on any atom is 0.343 e. The van der Waals surface area contributed by atoms with Gasteiger partial charge in [-0.1, -0.05) is 42.5 Å². The lowest BCUT2D eigenvalue weighted by molar-refractivity contribution is -0.384. The smallest absolute Gasteiger partial charge is 0.343 e. The molecule has 9 heteroatoms. The van der Waals surface area contributed by atoms with Gasteiger partial charge in [0.15, 0.2) is 0 Å². The predicted octanol–water partition coefficient (Wildman–Crippen LogP) is 4.53. The number of nitro benzene ring substituents is 1. The number of nitrogens with zero attached hydrogens (tertiary/aromatic N) is 2. The Kier molecular flexibility index (Phi) is 7.08. The number of non-ortho nitro benzene ring substituents is 1. The summed E-state index contributed by atoms with van der Waals surface area (Å²) in [7, 11) is 0. The first-order valence-corrected chi connectivity index (χ1v) is 10.6. The van der Waals surface area contributed by atoms with Crippen LogP contribution < -0.4 is 15.5 Å². The summed E-state index contributed by atoms with van der Waals surface area (Å²) in [5, 5.41) is 19.9. The van der Waals surface area contributed by atoms with Crippen molar-refractivity contribution >= 4 is 40.2 Å². The quantitative estimate of drug-likeness (QED) is 0.129. The molecule has 4 rings (SSSR count). The zero-order valence-corrected chi connectivity index (χ0v) is 18.4. The van der Waals surface area contributed by atoms with Gasteiger partial charge in [0.2, 0.25) is 0 Å². The fourth-order valence-corrected chi connectivity index (χ4v) is 3.25. The minimum Gasteiger partial charge on any atom is -0.422 e. The highest BCUT2D eigenvalue weighted by atomic mass is 16.6. The van der Waals surface area contributed by atoms with Gasteiger partial charge in [-0.2, -0.15) is 5.10 Å². The van der Waals surface area contributed by atoms with Gasteiger partial charge in [0.05, 0.1) is 23.2 Å². The summed E-state index contributed by atoms with van der Waals surface area (Å²) in [6, 6.07) is 25.5. The number of carbonyl (C=O) groups excluding carboxylic acids is 2. The Labute approximate surface area is 200 Å². The molecular weight excluding hydrogens is 448 g/mol. The van der Waals surface area contributed by atoms with Crippen molar-refractivity contribution in [3.8, 4) is 5.75 Å². The van der Waals surface area contributed by atoms with Crippen molar-refractivity contribution in [2.75, 3.05) is 11.9 Å². The van der Waals surface area contributed by atoms with Crippen LogP contribution in [-0.4, -0.2) is 29.6 Å². The molecular formula is C26H20N4O5. The van der Waals surface area contributed by atoms with Crippen molar-refractivity contribution in [2.45, 2.75) is 0 Å². The van der Waals surface area contributed by atoms with E-state index in [1.165, 1.54) is 30.5 Å². The SMILES string of the molecule is O=C(CNc1ccc2ccccc2c1)N/N=C\c1ccccc1OC(=O)c1ccc([N+](=O)[O-])cc1. The van der Waals surface area contributed by atoms with E-state index in [1.54, 1.807) is 24.3 Å². The molecule has 0 unspecified atom stereocenters. The number of benzene rings is 4. The van der Waals surface area contributed by atoms with Crippen LogP contribution >= 0.6 is 0 Å². The minimum absolute atomic E-state index is 0.0203. The van der Waals surface area contributed by atoms with Gasteiger partial charge in [0.25, 0.3) is 11.6 Å². The number of fused-ring (bicyclic) bond motifs is 1. The number of nitro groups is 1. The molecule has 0 heterocycles. The van der Waals surface area contributed by atoms with Crippen molar-refractivity contribution in [1.82, 2.24) is 5.43 Å². The normalized spacial score (nSPS) is 10.7. The summed E-state index contributed by atoms with van der Waals surface area (Å²) in [6.07, 6.45) is 1.37. The average molecular weight is 468 g/mol. The van der Waals surface area contributed by atoms with E-state index in [0.717, 1.165) is 16.5 Å². The molecule has 9 nitrogen and oxygen atoms in total. The summed E-state index contributed by atoms with van der Waals surface area (Å²) in [6.45, 7) is 0.0203. The van der Waals surface area contributed by atoms with E-state index < -0.39 is 10.9 Å². The molecule has 0 aliphatic rings. The van der Waals surface area contributed by atoms with Crippen LogP contribution in [0.2, 0.25) is 0 Å². The highest BCUT2D eigenvalue weighted by molar-refractivity contribution is 5.93. The second-order valence-electron chi connectivity index (χ2n) is 7.44. The molecule has 4 aromatic carbocycles. The monoisotopic (exact) mass is 468 g/mol. The van der Waals surface area contributed by atoms with Crippen molar-refractivity contribution in [3.05, 3.63) is 112 Å². The number of rotatable bonds is 8. The van der Waals surface area contributed by atoms with Crippen LogP contribution in [0.4, 0.5) is 11.4 Å². The van der Waals surface area contributed by atoms with E-state index in [9.17, 15) is 19.7 Å². The van der Waals surface area contributed by atoms with Gasteiger partial charge < -0.3 is 10.1 Å². The summed E-state index contributed by atoms with van der Waals surface area (Å²) in [4.78, 5) is 34.8. The molecule has 0 saturated heterocycles. The Hall–Kier alpha value is -5.05. The first-order chi connectivity index (χ1) is 17.0. The number of anilines is 1. The van der Waals surface area contributed by atoms with Crippen LogP contribution in [-0.2, 0) is 4.79 Å². The van der Waals surface area contributed by atoms with Gasteiger partial charge in [-0.05, 0) is 47.2 Å². The fraction of sp³-hybridized carbons (Fsp3) is 0.0385. The predicted molar refractivity (Wildman–Crippen MR) is 133 cm³/mol. The molecule has 35 heavy (non-hydrogen) atoms. The summed E-state index contributed by atoms with van der Waals surface area (Å²) in [5.74, 6) is -0.803.